The third-order valence-electron chi connectivity index (χ3n) is 5.16. The van der Waals surface area contributed by atoms with Crippen molar-refractivity contribution in [3.63, 3.8) is 0 Å². The highest BCUT2D eigenvalue weighted by Gasteiger charge is 2.25. The maximum Gasteiger partial charge on any atom is 0.328 e. The van der Waals surface area contributed by atoms with Crippen molar-refractivity contribution in [2.45, 2.75) is 37.2 Å². The van der Waals surface area contributed by atoms with Crippen LogP contribution in [0.3, 0.4) is 0 Å². The van der Waals surface area contributed by atoms with Gasteiger partial charge in [0.05, 0.1) is 15.9 Å². The molecule has 3 rings (SSSR count). The summed E-state index contributed by atoms with van der Waals surface area (Å²) in [6, 6.07) is 14.8. The molecule has 0 saturated carbocycles. The van der Waals surface area contributed by atoms with E-state index in [0.717, 1.165) is 5.56 Å². The van der Waals surface area contributed by atoms with E-state index in [9.17, 15) is 13.2 Å². The van der Waals surface area contributed by atoms with Crippen LogP contribution in [0.25, 0.3) is 11.0 Å². The number of hydrogen-bond donors (Lipinski definition) is 2. The number of hydrogen-bond acceptors (Lipinski definition) is 4. The predicted octanol–water partition coefficient (Wildman–Crippen LogP) is 2.28. The van der Waals surface area contributed by atoms with Crippen LogP contribution in [0.2, 0.25) is 0 Å². The number of sulfonamides is 1. The Kier molecular flexibility index (Phi) is 5.71. The van der Waals surface area contributed by atoms with Gasteiger partial charge in [0.15, 0.2) is 0 Å². The molecule has 0 amide bonds. The molecule has 1 atom stereocenters. The Balaban J connectivity index is 1.76. The van der Waals surface area contributed by atoms with Gasteiger partial charge < -0.3 is 5.32 Å². The maximum atomic E-state index is 12.8. The molecule has 1 aromatic heterocycles. The van der Waals surface area contributed by atoms with Crippen molar-refractivity contribution in [3.05, 3.63) is 64.6 Å². The second kappa shape index (κ2) is 7.78. The molecule has 0 radical (unpaired) electrons. The lowest BCUT2D eigenvalue weighted by Gasteiger charge is -2.30. The van der Waals surface area contributed by atoms with Gasteiger partial charge in [-0.1, -0.05) is 30.3 Å². The third-order valence-corrected chi connectivity index (χ3v) is 6.56. The summed E-state index contributed by atoms with van der Waals surface area (Å²) in [4.78, 5) is 12.2. The van der Waals surface area contributed by atoms with Gasteiger partial charge in [-0.3, -0.25) is 9.13 Å². The number of benzene rings is 2. The minimum Gasteiger partial charge on any atom is -0.304 e. The molecule has 0 aliphatic rings. The van der Waals surface area contributed by atoms with Crippen molar-refractivity contribution in [1.29, 1.82) is 0 Å². The lowest BCUT2D eigenvalue weighted by molar-refractivity contribution is 0.346. The van der Waals surface area contributed by atoms with Crippen LogP contribution < -0.4 is 15.7 Å². The lowest BCUT2D eigenvalue weighted by Crippen LogP contribution is -2.49. The molecule has 7 nitrogen and oxygen atoms in total. The Bertz CT molecular complexity index is 1180. The number of nitrogens with zero attached hydrogens (tertiary/aromatic N) is 2. The highest BCUT2D eigenvalue weighted by atomic mass is 32.2. The molecule has 0 aliphatic carbocycles. The zero-order chi connectivity index (χ0) is 21.4. The van der Waals surface area contributed by atoms with Crippen LogP contribution in [0, 0.1) is 0 Å². The average molecular weight is 417 g/mol. The Morgan fingerprint density at radius 2 is 1.62 bits per heavy atom. The number of aryl methyl sites for hydroxylation is 2. The predicted molar refractivity (Wildman–Crippen MR) is 115 cm³/mol. The second-order valence-corrected chi connectivity index (χ2v) is 9.80. The van der Waals surface area contributed by atoms with E-state index >= 15 is 0 Å². The summed E-state index contributed by atoms with van der Waals surface area (Å²) in [6.45, 7) is 6.19. The fourth-order valence-electron chi connectivity index (χ4n) is 3.47. The first kappa shape index (κ1) is 21.3. The van der Waals surface area contributed by atoms with Crippen LogP contribution >= 0.6 is 0 Å². The normalized spacial score (nSPS) is 13.7. The van der Waals surface area contributed by atoms with Crippen molar-refractivity contribution < 1.29 is 8.42 Å². The van der Waals surface area contributed by atoms with Crippen LogP contribution in [0.1, 0.15) is 32.4 Å². The monoisotopic (exact) mass is 416 g/mol. The first-order valence-electron chi connectivity index (χ1n) is 9.50. The topological polar surface area (TPSA) is 85.1 Å². The van der Waals surface area contributed by atoms with Crippen LogP contribution in [-0.4, -0.2) is 29.6 Å². The molecular formula is C21H28N4O3S. The first-order chi connectivity index (χ1) is 13.5. The van der Waals surface area contributed by atoms with Crippen molar-refractivity contribution in [2.75, 3.05) is 6.54 Å². The molecule has 2 N–H and O–H groups in total. The summed E-state index contributed by atoms with van der Waals surface area (Å²) in [6.07, 6.45) is 0. The summed E-state index contributed by atoms with van der Waals surface area (Å²) >= 11 is 0. The largest absolute Gasteiger partial charge is 0.328 e. The maximum absolute atomic E-state index is 12.8. The quantitative estimate of drug-likeness (QED) is 0.619. The molecule has 1 unspecified atom stereocenters. The third kappa shape index (κ3) is 4.44. The molecule has 1 heterocycles. The highest BCUT2D eigenvalue weighted by molar-refractivity contribution is 7.89. The number of rotatable bonds is 7. The van der Waals surface area contributed by atoms with Crippen molar-refractivity contribution in [1.82, 2.24) is 19.2 Å². The standard InChI is InChI=1S/C21H28N4O3S/c1-15(16-9-7-6-8-10-16)23-21(2,3)14-22-29(27,28)17-11-12-18-19(13-17)25(5)20(26)24(18)4/h6-13,15,22-23H,14H2,1-5H3. The molecular weight excluding hydrogens is 388 g/mol. The van der Waals surface area contributed by atoms with Crippen LogP contribution in [0.15, 0.2) is 58.2 Å². The zero-order valence-corrected chi connectivity index (χ0v) is 18.2. The van der Waals surface area contributed by atoms with E-state index in [0.29, 0.717) is 11.0 Å². The van der Waals surface area contributed by atoms with Gasteiger partial charge in [0.25, 0.3) is 0 Å². The molecule has 0 fully saturated rings. The van der Waals surface area contributed by atoms with Gasteiger partial charge in [0.1, 0.15) is 0 Å². The first-order valence-corrected chi connectivity index (χ1v) is 11.0. The SMILES string of the molecule is CC(NC(C)(C)CNS(=O)(=O)c1ccc2c(c1)n(C)c(=O)n2C)c1ccccc1. The minimum absolute atomic E-state index is 0.0749. The van der Waals surface area contributed by atoms with E-state index in [1.807, 2.05) is 44.2 Å². The van der Waals surface area contributed by atoms with E-state index in [-0.39, 0.29) is 23.2 Å². The van der Waals surface area contributed by atoms with Gasteiger partial charge in [-0.05, 0) is 44.5 Å². The smallest absolute Gasteiger partial charge is 0.304 e. The molecule has 2 aromatic carbocycles. The zero-order valence-electron chi connectivity index (χ0n) is 17.4. The Hall–Kier alpha value is -2.42. The van der Waals surface area contributed by atoms with Gasteiger partial charge in [-0.2, -0.15) is 0 Å². The van der Waals surface area contributed by atoms with Gasteiger partial charge >= 0.3 is 5.69 Å². The molecule has 156 valence electrons. The Labute approximate surface area is 171 Å². The minimum atomic E-state index is -3.72. The number of nitrogens with one attached hydrogen (secondary N) is 2. The van der Waals surface area contributed by atoms with E-state index in [4.69, 9.17) is 0 Å². The van der Waals surface area contributed by atoms with Gasteiger partial charge in [-0.15, -0.1) is 0 Å². The van der Waals surface area contributed by atoms with Gasteiger partial charge in [-0.25, -0.2) is 17.9 Å². The molecule has 0 spiro atoms. The summed E-state index contributed by atoms with van der Waals surface area (Å²) in [5, 5.41) is 3.47. The van der Waals surface area contributed by atoms with Crippen molar-refractivity contribution in [2.24, 2.45) is 14.1 Å². The van der Waals surface area contributed by atoms with Crippen molar-refractivity contribution >= 4 is 21.1 Å². The molecule has 8 heteroatoms. The molecule has 29 heavy (non-hydrogen) atoms. The number of imidazole rings is 1. The number of fused-ring (bicyclic) bond motifs is 1. The second-order valence-electron chi connectivity index (χ2n) is 8.04. The van der Waals surface area contributed by atoms with E-state index in [1.165, 1.54) is 21.3 Å². The highest BCUT2D eigenvalue weighted by Crippen LogP contribution is 2.19. The van der Waals surface area contributed by atoms with Crippen LogP contribution in [0.4, 0.5) is 0 Å². The van der Waals surface area contributed by atoms with E-state index < -0.39 is 15.6 Å². The number of aromatic nitrogens is 2. The summed E-state index contributed by atoms with van der Waals surface area (Å²) in [7, 11) is -0.423. The van der Waals surface area contributed by atoms with Crippen molar-refractivity contribution in [3.8, 4) is 0 Å². The Morgan fingerprint density at radius 3 is 2.28 bits per heavy atom. The molecule has 0 bridgehead atoms. The average Bonchev–Trinajstić information content (AvgIpc) is 2.91. The molecule has 3 aromatic rings. The summed E-state index contributed by atoms with van der Waals surface area (Å²) in [5.74, 6) is 0. The lowest BCUT2D eigenvalue weighted by atomic mass is 10.0. The summed E-state index contributed by atoms with van der Waals surface area (Å²) in [5.41, 5.74) is 1.75. The van der Waals surface area contributed by atoms with Crippen LogP contribution in [-0.2, 0) is 24.1 Å². The fourth-order valence-corrected chi connectivity index (χ4v) is 4.71. The van der Waals surface area contributed by atoms with E-state index in [1.54, 1.807) is 20.2 Å². The van der Waals surface area contributed by atoms with Gasteiger partial charge in [0.2, 0.25) is 10.0 Å². The summed E-state index contributed by atoms with van der Waals surface area (Å²) < 4.78 is 31.3. The fraction of sp³-hybridized carbons (Fsp3) is 0.381. The molecule has 0 saturated heterocycles. The van der Waals surface area contributed by atoms with E-state index in [2.05, 4.69) is 17.0 Å². The van der Waals surface area contributed by atoms with Crippen LogP contribution in [0.5, 0.6) is 0 Å². The molecule has 0 aliphatic heterocycles. The van der Waals surface area contributed by atoms with Gasteiger partial charge in [0, 0.05) is 32.2 Å². The Morgan fingerprint density at radius 1 is 1.00 bits per heavy atom.